The first-order chi connectivity index (χ1) is 9.65. The molecule has 0 saturated carbocycles. The van der Waals surface area contributed by atoms with Crippen LogP contribution in [0.2, 0.25) is 0 Å². The van der Waals surface area contributed by atoms with Crippen molar-refractivity contribution < 1.29 is 9.18 Å². The normalized spacial score (nSPS) is 13.8. The van der Waals surface area contributed by atoms with E-state index >= 15 is 0 Å². The second-order valence-corrected chi connectivity index (χ2v) is 5.25. The van der Waals surface area contributed by atoms with Crippen LogP contribution in [0.15, 0.2) is 36.4 Å². The maximum absolute atomic E-state index is 13.0. The van der Waals surface area contributed by atoms with Gasteiger partial charge >= 0.3 is 0 Å². The van der Waals surface area contributed by atoms with Crippen molar-refractivity contribution >= 4 is 11.5 Å². The third kappa shape index (κ3) is 2.31. The minimum Gasteiger partial charge on any atom is -0.398 e. The number of carbonyl (C=O) groups is 1. The summed E-state index contributed by atoms with van der Waals surface area (Å²) in [6, 6.07) is 9.73. The highest BCUT2D eigenvalue weighted by molar-refractivity contribution is 6.12. The van der Waals surface area contributed by atoms with E-state index in [0.29, 0.717) is 11.1 Å². The lowest BCUT2D eigenvalue weighted by Crippen LogP contribution is -2.09. The van der Waals surface area contributed by atoms with Gasteiger partial charge in [0.05, 0.1) is 0 Å². The summed E-state index contributed by atoms with van der Waals surface area (Å²) in [5.41, 5.74) is 9.50. The molecule has 0 aliphatic heterocycles. The van der Waals surface area contributed by atoms with E-state index in [1.807, 2.05) is 18.2 Å². The fourth-order valence-corrected chi connectivity index (χ4v) is 2.77. The number of benzene rings is 2. The van der Waals surface area contributed by atoms with Crippen LogP contribution in [0.5, 0.6) is 0 Å². The molecule has 2 nitrogen and oxygen atoms in total. The predicted molar refractivity (Wildman–Crippen MR) is 77.3 cm³/mol. The zero-order valence-corrected chi connectivity index (χ0v) is 11.2. The lowest BCUT2D eigenvalue weighted by atomic mass is 9.89. The molecule has 0 atom stereocenters. The van der Waals surface area contributed by atoms with Crippen molar-refractivity contribution in [2.24, 2.45) is 0 Å². The Morgan fingerprint density at radius 1 is 1.00 bits per heavy atom. The van der Waals surface area contributed by atoms with Gasteiger partial charge in [-0.25, -0.2) is 4.39 Å². The summed E-state index contributed by atoms with van der Waals surface area (Å²) in [4.78, 5) is 12.5. The quantitative estimate of drug-likeness (QED) is 0.669. The van der Waals surface area contributed by atoms with Gasteiger partial charge in [-0.3, -0.25) is 4.79 Å². The Labute approximate surface area is 117 Å². The van der Waals surface area contributed by atoms with Gasteiger partial charge in [0.25, 0.3) is 0 Å². The van der Waals surface area contributed by atoms with Crippen molar-refractivity contribution in [2.75, 3.05) is 5.73 Å². The number of aryl methyl sites for hydroxylation is 2. The molecule has 2 N–H and O–H groups in total. The lowest BCUT2D eigenvalue weighted by molar-refractivity contribution is 0.103. The van der Waals surface area contributed by atoms with Gasteiger partial charge < -0.3 is 5.73 Å². The predicted octanol–water partition coefficient (Wildman–Crippen LogP) is 3.52. The van der Waals surface area contributed by atoms with E-state index < -0.39 is 5.82 Å². The summed E-state index contributed by atoms with van der Waals surface area (Å²) in [5, 5.41) is 0. The molecule has 0 aromatic heterocycles. The highest BCUT2D eigenvalue weighted by atomic mass is 19.1. The number of ketones is 1. The van der Waals surface area contributed by atoms with E-state index in [1.165, 1.54) is 42.2 Å². The molecular weight excluding hydrogens is 253 g/mol. The molecule has 102 valence electrons. The monoisotopic (exact) mass is 269 g/mol. The Morgan fingerprint density at radius 2 is 1.75 bits per heavy atom. The van der Waals surface area contributed by atoms with Gasteiger partial charge in [0.2, 0.25) is 0 Å². The molecule has 0 saturated heterocycles. The molecule has 0 unspecified atom stereocenters. The number of carbonyl (C=O) groups excluding carboxylic acids is 1. The third-order valence-electron chi connectivity index (χ3n) is 3.87. The van der Waals surface area contributed by atoms with Crippen LogP contribution in [-0.2, 0) is 12.8 Å². The van der Waals surface area contributed by atoms with E-state index in [-0.39, 0.29) is 11.5 Å². The zero-order valence-electron chi connectivity index (χ0n) is 11.2. The maximum Gasteiger partial charge on any atom is 0.195 e. The molecule has 0 fully saturated rings. The molecule has 3 rings (SSSR count). The fraction of sp³-hybridized carbons (Fsp3) is 0.235. The molecular formula is C17H16FNO. The highest BCUT2D eigenvalue weighted by Crippen LogP contribution is 2.24. The average Bonchev–Trinajstić information content (AvgIpc) is 2.46. The van der Waals surface area contributed by atoms with Crippen LogP contribution >= 0.6 is 0 Å². The van der Waals surface area contributed by atoms with Crippen LogP contribution in [0.4, 0.5) is 10.1 Å². The number of nitrogen functional groups attached to an aromatic ring is 1. The summed E-state index contributed by atoms with van der Waals surface area (Å²) in [6.07, 6.45) is 4.49. The van der Waals surface area contributed by atoms with Gasteiger partial charge in [-0.05, 0) is 61.1 Å². The third-order valence-corrected chi connectivity index (χ3v) is 3.87. The van der Waals surface area contributed by atoms with Gasteiger partial charge in [0.1, 0.15) is 5.82 Å². The molecule has 20 heavy (non-hydrogen) atoms. The second kappa shape index (κ2) is 5.08. The van der Waals surface area contributed by atoms with Gasteiger partial charge in [-0.1, -0.05) is 12.1 Å². The maximum atomic E-state index is 13.0. The van der Waals surface area contributed by atoms with Crippen molar-refractivity contribution in [3.8, 4) is 0 Å². The van der Waals surface area contributed by atoms with Crippen LogP contribution in [-0.4, -0.2) is 5.78 Å². The first kappa shape index (κ1) is 12.9. The molecule has 0 amide bonds. The van der Waals surface area contributed by atoms with Crippen molar-refractivity contribution in [3.05, 3.63) is 64.5 Å². The Kier molecular flexibility index (Phi) is 3.26. The molecule has 2 aromatic rings. The van der Waals surface area contributed by atoms with Gasteiger partial charge in [0, 0.05) is 16.8 Å². The van der Waals surface area contributed by atoms with Crippen LogP contribution in [0, 0.1) is 5.82 Å². The largest absolute Gasteiger partial charge is 0.398 e. The minimum atomic E-state index is -0.426. The van der Waals surface area contributed by atoms with Crippen molar-refractivity contribution in [1.82, 2.24) is 0 Å². The van der Waals surface area contributed by atoms with E-state index in [2.05, 4.69) is 0 Å². The van der Waals surface area contributed by atoms with Gasteiger partial charge in [-0.2, -0.15) is 0 Å². The summed E-state index contributed by atoms with van der Waals surface area (Å²) in [7, 11) is 0. The first-order valence-electron chi connectivity index (χ1n) is 6.86. The number of rotatable bonds is 2. The standard InChI is InChI=1S/C17H16FNO/c18-14-7-8-15(16(19)10-14)17(20)13-6-5-11-3-1-2-4-12(11)9-13/h5-10H,1-4,19H2. The summed E-state index contributed by atoms with van der Waals surface area (Å²) in [6.45, 7) is 0. The molecule has 0 heterocycles. The Balaban J connectivity index is 1.98. The SMILES string of the molecule is Nc1cc(F)ccc1C(=O)c1ccc2c(c1)CCCC2. The zero-order chi connectivity index (χ0) is 14.1. The fourth-order valence-electron chi connectivity index (χ4n) is 2.77. The van der Waals surface area contributed by atoms with Crippen LogP contribution in [0.3, 0.4) is 0 Å². The highest BCUT2D eigenvalue weighted by Gasteiger charge is 2.16. The molecule has 1 aliphatic rings. The molecule has 1 aliphatic carbocycles. The van der Waals surface area contributed by atoms with E-state index in [1.54, 1.807) is 0 Å². The van der Waals surface area contributed by atoms with E-state index in [0.717, 1.165) is 12.8 Å². The van der Waals surface area contributed by atoms with Crippen molar-refractivity contribution in [1.29, 1.82) is 0 Å². The summed E-state index contributed by atoms with van der Waals surface area (Å²) < 4.78 is 13.0. The summed E-state index contributed by atoms with van der Waals surface area (Å²) >= 11 is 0. The van der Waals surface area contributed by atoms with Gasteiger partial charge in [0.15, 0.2) is 5.78 Å². The molecule has 2 aromatic carbocycles. The Bertz CT molecular complexity index is 679. The number of hydrogen-bond donors (Lipinski definition) is 1. The minimum absolute atomic E-state index is 0.143. The Hall–Kier alpha value is -2.16. The second-order valence-electron chi connectivity index (χ2n) is 5.25. The van der Waals surface area contributed by atoms with E-state index in [4.69, 9.17) is 5.73 Å². The lowest BCUT2D eigenvalue weighted by Gasteiger charge is -2.16. The smallest absolute Gasteiger partial charge is 0.195 e. The first-order valence-corrected chi connectivity index (χ1v) is 6.86. The van der Waals surface area contributed by atoms with Crippen molar-refractivity contribution in [2.45, 2.75) is 25.7 Å². The molecule has 3 heteroatoms. The van der Waals surface area contributed by atoms with E-state index in [9.17, 15) is 9.18 Å². The van der Waals surface area contributed by atoms with Crippen molar-refractivity contribution in [3.63, 3.8) is 0 Å². The summed E-state index contributed by atoms with van der Waals surface area (Å²) in [5.74, 6) is -0.569. The number of nitrogens with two attached hydrogens (primary N) is 1. The number of anilines is 1. The Morgan fingerprint density at radius 3 is 2.50 bits per heavy atom. The number of hydrogen-bond acceptors (Lipinski definition) is 2. The average molecular weight is 269 g/mol. The number of fused-ring (bicyclic) bond motifs is 1. The van der Waals surface area contributed by atoms with Crippen LogP contribution < -0.4 is 5.73 Å². The topological polar surface area (TPSA) is 43.1 Å². The number of halogens is 1. The van der Waals surface area contributed by atoms with Crippen LogP contribution in [0.1, 0.15) is 39.9 Å². The molecule has 0 spiro atoms. The molecule has 0 bridgehead atoms. The molecule has 0 radical (unpaired) electrons. The van der Waals surface area contributed by atoms with Crippen LogP contribution in [0.25, 0.3) is 0 Å². The van der Waals surface area contributed by atoms with Gasteiger partial charge in [-0.15, -0.1) is 0 Å².